The molecule has 120 valence electrons. The molecule has 0 spiro atoms. The van der Waals surface area contributed by atoms with Gasteiger partial charge in [-0.05, 0) is 32.8 Å². The van der Waals surface area contributed by atoms with Crippen molar-refractivity contribution in [2.24, 2.45) is 0 Å². The molecule has 0 aliphatic carbocycles. The van der Waals surface area contributed by atoms with Crippen LogP contribution in [-0.4, -0.2) is 41.0 Å². The fourth-order valence-electron chi connectivity index (χ4n) is 2.24. The predicted molar refractivity (Wildman–Crippen MR) is 81.0 cm³/mol. The third kappa shape index (κ3) is 3.85. The molecule has 6 nitrogen and oxygen atoms in total. The van der Waals surface area contributed by atoms with Gasteiger partial charge in [-0.15, -0.1) is 0 Å². The third-order valence-electron chi connectivity index (χ3n) is 3.18. The van der Waals surface area contributed by atoms with Crippen molar-refractivity contribution < 1.29 is 18.3 Å². The van der Waals surface area contributed by atoms with Crippen molar-refractivity contribution in [1.29, 1.82) is 0 Å². The minimum atomic E-state index is -3.67. The number of aromatic carboxylic acids is 1. The van der Waals surface area contributed by atoms with Gasteiger partial charge >= 0.3 is 5.97 Å². The average Bonchev–Trinajstić information content (AvgIpc) is 2.80. The second kappa shape index (κ2) is 7.09. The minimum absolute atomic E-state index is 0.00984. The Bertz CT molecular complexity index is 590. The molecule has 0 saturated carbocycles. The molecule has 0 bridgehead atoms. The van der Waals surface area contributed by atoms with Gasteiger partial charge in [-0.3, -0.25) is 0 Å². The summed E-state index contributed by atoms with van der Waals surface area (Å²) in [6.45, 7) is 8.35. The Hall–Kier alpha value is -1.34. The molecule has 0 unspecified atom stereocenters. The molecule has 1 rings (SSSR count). The maximum absolute atomic E-state index is 12.7. The molecular formula is C14H24N2O4S. The zero-order valence-electron chi connectivity index (χ0n) is 13.0. The van der Waals surface area contributed by atoms with Crippen molar-refractivity contribution in [2.45, 2.75) is 58.0 Å². The van der Waals surface area contributed by atoms with Crippen LogP contribution in [-0.2, 0) is 16.6 Å². The molecule has 0 saturated heterocycles. The number of carbonyl (C=O) groups is 1. The van der Waals surface area contributed by atoms with E-state index in [0.717, 1.165) is 6.42 Å². The van der Waals surface area contributed by atoms with Crippen LogP contribution in [0.2, 0.25) is 0 Å². The van der Waals surface area contributed by atoms with Gasteiger partial charge < -0.3 is 9.67 Å². The number of carboxylic acids is 1. The smallest absolute Gasteiger partial charge is 0.352 e. The Labute approximate surface area is 126 Å². The molecule has 0 radical (unpaired) electrons. The maximum atomic E-state index is 12.7. The van der Waals surface area contributed by atoms with E-state index in [1.165, 1.54) is 21.1 Å². The molecule has 21 heavy (non-hydrogen) atoms. The Morgan fingerprint density at radius 2 is 1.95 bits per heavy atom. The van der Waals surface area contributed by atoms with Crippen LogP contribution in [0.4, 0.5) is 0 Å². The van der Waals surface area contributed by atoms with Gasteiger partial charge in [0.15, 0.2) is 0 Å². The highest BCUT2D eigenvalue weighted by Gasteiger charge is 2.29. The first-order chi connectivity index (χ1) is 9.75. The molecular weight excluding hydrogens is 292 g/mol. The van der Waals surface area contributed by atoms with Gasteiger partial charge in [0.1, 0.15) is 10.6 Å². The van der Waals surface area contributed by atoms with Crippen LogP contribution in [0, 0.1) is 0 Å². The van der Waals surface area contributed by atoms with E-state index in [1.54, 1.807) is 0 Å². The first kappa shape index (κ1) is 17.7. The number of rotatable bonds is 8. The number of hydrogen-bond donors (Lipinski definition) is 1. The van der Waals surface area contributed by atoms with Crippen LogP contribution in [0.3, 0.4) is 0 Å². The predicted octanol–water partition coefficient (Wildman–Crippen LogP) is 2.41. The number of hydrogen-bond acceptors (Lipinski definition) is 3. The summed E-state index contributed by atoms with van der Waals surface area (Å²) in [5, 5.41) is 9.19. The fraction of sp³-hybridized carbons (Fsp3) is 0.643. The van der Waals surface area contributed by atoms with Crippen molar-refractivity contribution >= 4 is 16.0 Å². The van der Waals surface area contributed by atoms with Gasteiger partial charge in [0.25, 0.3) is 0 Å². The monoisotopic (exact) mass is 316 g/mol. The lowest BCUT2D eigenvalue weighted by molar-refractivity contribution is 0.0685. The second-order valence-corrected chi connectivity index (χ2v) is 7.16. The third-order valence-corrected chi connectivity index (χ3v) is 5.22. The largest absolute Gasteiger partial charge is 0.477 e. The summed E-state index contributed by atoms with van der Waals surface area (Å²) < 4.78 is 28.2. The zero-order valence-corrected chi connectivity index (χ0v) is 13.9. The quantitative estimate of drug-likeness (QED) is 0.798. The molecule has 7 heteroatoms. The molecule has 1 heterocycles. The van der Waals surface area contributed by atoms with Gasteiger partial charge in [0.2, 0.25) is 10.0 Å². The van der Waals surface area contributed by atoms with Gasteiger partial charge in [-0.1, -0.05) is 13.8 Å². The first-order valence-electron chi connectivity index (χ1n) is 7.21. The lowest BCUT2D eigenvalue weighted by Gasteiger charge is -2.24. The van der Waals surface area contributed by atoms with E-state index in [0.29, 0.717) is 19.5 Å². The van der Waals surface area contributed by atoms with Gasteiger partial charge in [0.05, 0.1) is 0 Å². The van der Waals surface area contributed by atoms with Crippen LogP contribution in [0.5, 0.6) is 0 Å². The summed E-state index contributed by atoms with van der Waals surface area (Å²) in [6.07, 6.45) is 2.86. The van der Waals surface area contributed by atoms with Crippen LogP contribution in [0.25, 0.3) is 0 Å². The lowest BCUT2D eigenvalue weighted by atomic mass is 10.4. The SMILES string of the molecule is CCCN(C(C)C)S(=O)(=O)c1cc(C(=O)O)n(CCC)c1. The molecule has 0 aliphatic rings. The summed E-state index contributed by atoms with van der Waals surface area (Å²) in [4.78, 5) is 11.3. The van der Waals surface area contributed by atoms with E-state index in [1.807, 2.05) is 27.7 Å². The standard InChI is InChI=1S/C14H24N2O4S/c1-5-7-15-10-12(9-13(15)14(17)18)21(19,20)16(8-6-2)11(3)4/h9-11H,5-8H2,1-4H3,(H,17,18). The van der Waals surface area contributed by atoms with Crippen molar-refractivity contribution in [2.75, 3.05) is 6.54 Å². The van der Waals surface area contributed by atoms with Gasteiger partial charge in [0, 0.05) is 25.3 Å². The van der Waals surface area contributed by atoms with E-state index < -0.39 is 16.0 Å². The first-order valence-corrected chi connectivity index (χ1v) is 8.65. The van der Waals surface area contributed by atoms with E-state index in [4.69, 9.17) is 0 Å². The van der Waals surface area contributed by atoms with E-state index in [2.05, 4.69) is 0 Å². The van der Waals surface area contributed by atoms with Crippen molar-refractivity contribution in [3.8, 4) is 0 Å². The summed E-state index contributed by atoms with van der Waals surface area (Å²) >= 11 is 0. The molecule has 1 N–H and O–H groups in total. The van der Waals surface area contributed by atoms with E-state index in [9.17, 15) is 18.3 Å². The summed E-state index contributed by atoms with van der Waals surface area (Å²) in [7, 11) is -3.67. The minimum Gasteiger partial charge on any atom is -0.477 e. The van der Waals surface area contributed by atoms with Gasteiger partial charge in [-0.2, -0.15) is 4.31 Å². The Morgan fingerprint density at radius 3 is 2.38 bits per heavy atom. The van der Waals surface area contributed by atoms with Crippen LogP contribution < -0.4 is 0 Å². The summed E-state index contributed by atoms with van der Waals surface area (Å²) in [5.74, 6) is -1.11. The van der Waals surface area contributed by atoms with Crippen LogP contribution in [0.1, 0.15) is 51.0 Å². The van der Waals surface area contributed by atoms with Crippen molar-refractivity contribution in [3.63, 3.8) is 0 Å². The highest BCUT2D eigenvalue weighted by Crippen LogP contribution is 2.22. The Balaban J connectivity index is 3.30. The second-order valence-electron chi connectivity index (χ2n) is 5.27. The fourth-order valence-corrected chi connectivity index (χ4v) is 4.01. The summed E-state index contributed by atoms with van der Waals surface area (Å²) in [6, 6.07) is 1.08. The lowest BCUT2D eigenvalue weighted by Crippen LogP contribution is -2.37. The summed E-state index contributed by atoms with van der Waals surface area (Å²) in [5.41, 5.74) is 0.00984. The zero-order chi connectivity index (χ0) is 16.2. The topological polar surface area (TPSA) is 79.6 Å². The van der Waals surface area contributed by atoms with Crippen molar-refractivity contribution in [3.05, 3.63) is 18.0 Å². The molecule has 0 fully saturated rings. The molecule has 1 aromatic heterocycles. The van der Waals surface area contributed by atoms with E-state index >= 15 is 0 Å². The Kier molecular flexibility index (Phi) is 5.98. The van der Waals surface area contributed by atoms with Gasteiger partial charge in [-0.25, -0.2) is 13.2 Å². The molecule has 0 aliphatic heterocycles. The van der Waals surface area contributed by atoms with Crippen molar-refractivity contribution in [1.82, 2.24) is 8.87 Å². The molecule has 0 atom stereocenters. The molecule has 0 amide bonds. The number of aryl methyl sites for hydroxylation is 1. The van der Waals surface area contributed by atoms with Crippen LogP contribution in [0.15, 0.2) is 17.2 Å². The number of aromatic nitrogens is 1. The van der Waals surface area contributed by atoms with Crippen LogP contribution >= 0.6 is 0 Å². The molecule has 0 aromatic carbocycles. The number of nitrogens with zero attached hydrogens (tertiary/aromatic N) is 2. The maximum Gasteiger partial charge on any atom is 0.352 e. The number of sulfonamides is 1. The number of carboxylic acid groups (broad SMARTS) is 1. The molecule has 1 aromatic rings. The Morgan fingerprint density at radius 1 is 1.33 bits per heavy atom. The van der Waals surface area contributed by atoms with E-state index in [-0.39, 0.29) is 16.6 Å². The highest BCUT2D eigenvalue weighted by molar-refractivity contribution is 7.89. The average molecular weight is 316 g/mol. The highest BCUT2D eigenvalue weighted by atomic mass is 32.2. The normalized spacial score (nSPS) is 12.3.